The van der Waals surface area contributed by atoms with Crippen molar-refractivity contribution in [3.63, 3.8) is 0 Å². The lowest BCUT2D eigenvalue weighted by molar-refractivity contribution is 0.00845. The maximum Gasteiger partial charge on any atom is 0.253 e. The molecule has 3 rings (SSSR count). The van der Waals surface area contributed by atoms with E-state index in [1.165, 1.54) is 0 Å². The van der Waals surface area contributed by atoms with Gasteiger partial charge in [0.25, 0.3) is 5.91 Å². The number of piperidine rings is 1. The average molecular weight is 359 g/mol. The Kier molecular flexibility index (Phi) is 6.18. The molecule has 5 nitrogen and oxygen atoms in total. The number of ether oxygens (including phenoxy) is 1. The minimum absolute atomic E-state index is 0.0931. The first-order valence-electron chi connectivity index (χ1n) is 8.81. The fourth-order valence-electron chi connectivity index (χ4n) is 3.01. The zero-order valence-electron chi connectivity index (χ0n) is 14.6. The summed E-state index contributed by atoms with van der Waals surface area (Å²) in [6, 6.07) is 7.77. The van der Waals surface area contributed by atoms with Gasteiger partial charge in [-0.3, -0.25) is 4.79 Å². The number of hydrogen-bond acceptors (Lipinski definition) is 5. The van der Waals surface area contributed by atoms with Crippen molar-refractivity contribution >= 4 is 17.2 Å². The molecule has 2 N–H and O–H groups in total. The van der Waals surface area contributed by atoms with Gasteiger partial charge in [-0.25, -0.2) is 4.98 Å². The minimum atomic E-state index is 0.0931. The van der Waals surface area contributed by atoms with Gasteiger partial charge in [0, 0.05) is 41.9 Å². The van der Waals surface area contributed by atoms with Gasteiger partial charge in [-0.1, -0.05) is 12.1 Å². The van der Waals surface area contributed by atoms with Crippen LogP contribution in [-0.2, 0) is 4.74 Å². The largest absolute Gasteiger partial charge is 0.378 e. The maximum atomic E-state index is 12.8. The molecule has 1 aliphatic rings. The van der Waals surface area contributed by atoms with Crippen molar-refractivity contribution in [3.05, 3.63) is 40.9 Å². The van der Waals surface area contributed by atoms with Gasteiger partial charge in [-0.15, -0.1) is 11.3 Å². The Morgan fingerprint density at radius 3 is 2.88 bits per heavy atom. The number of nitrogens with zero attached hydrogens (tertiary/aromatic N) is 2. The number of carbonyl (C=O) groups excluding carboxylic acids is 1. The molecule has 1 fully saturated rings. The van der Waals surface area contributed by atoms with Crippen LogP contribution in [0.25, 0.3) is 10.6 Å². The number of aromatic nitrogens is 1. The molecule has 1 aromatic heterocycles. The maximum absolute atomic E-state index is 12.8. The van der Waals surface area contributed by atoms with Gasteiger partial charge in [0.05, 0.1) is 6.10 Å². The second kappa shape index (κ2) is 8.56. The predicted octanol–water partition coefficient (Wildman–Crippen LogP) is 3.09. The molecule has 0 atom stereocenters. The smallest absolute Gasteiger partial charge is 0.253 e. The average Bonchev–Trinajstić information content (AvgIpc) is 3.08. The number of thiazole rings is 1. The van der Waals surface area contributed by atoms with Crippen LogP contribution in [0.1, 0.15) is 35.3 Å². The zero-order chi connectivity index (χ0) is 17.6. The van der Waals surface area contributed by atoms with E-state index in [0.29, 0.717) is 13.2 Å². The topological polar surface area (TPSA) is 68.5 Å². The van der Waals surface area contributed by atoms with Crippen molar-refractivity contribution in [2.75, 3.05) is 26.2 Å². The fourth-order valence-corrected chi connectivity index (χ4v) is 3.81. The first-order chi connectivity index (χ1) is 12.2. The standard InChI is InChI=1S/C19H25N3O2S/c1-14-13-25-18(21-14)15-4-2-5-16(12-15)19(23)22-9-6-17(7-10-22)24-11-3-8-20/h2,4-5,12-13,17H,3,6-11,20H2,1H3. The van der Waals surface area contributed by atoms with Crippen LogP contribution in [0.15, 0.2) is 29.6 Å². The molecule has 0 saturated carbocycles. The van der Waals surface area contributed by atoms with Gasteiger partial charge in [0.2, 0.25) is 0 Å². The van der Waals surface area contributed by atoms with Crippen molar-refractivity contribution in [2.24, 2.45) is 5.73 Å². The molecule has 2 aromatic rings. The van der Waals surface area contributed by atoms with Gasteiger partial charge < -0.3 is 15.4 Å². The van der Waals surface area contributed by atoms with Crippen molar-refractivity contribution in [1.29, 1.82) is 0 Å². The van der Waals surface area contributed by atoms with Gasteiger partial charge in [0.15, 0.2) is 0 Å². The molecular weight excluding hydrogens is 334 g/mol. The molecular formula is C19H25N3O2S. The predicted molar refractivity (Wildman–Crippen MR) is 101 cm³/mol. The number of aryl methyl sites for hydroxylation is 1. The molecule has 0 aliphatic carbocycles. The van der Waals surface area contributed by atoms with E-state index in [4.69, 9.17) is 10.5 Å². The summed E-state index contributed by atoms with van der Waals surface area (Å²) in [5.41, 5.74) is 8.23. The number of benzene rings is 1. The van der Waals surface area contributed by atoms with Crippen LogP contribution in [-0.4, -0.2) is 48.1 Å². The number of likely N-dealkylation sites (tertiary alicyclic amines) is 1. The molecule has 1 aromatic carbocycles. The SMILES string of the molecule is Cc1csc(-c2cccc(C(=O)N3CCC(OCCCN)CC3)c2)n1. The number of hydrogen-bond donors (Lipinski definition) is 1. The molecule has 0 bridgehead atoms. The Morgan fingerprint density at radius 1 is 1.40 bits per heavy atom. The van der Waals surface area contributed by atoms with Gasteiger partial charge in [-0.2, -0.15) is 0 Å². The van der Waals surface area contributed by atoms with Crippen molar-refractivity contribution in [1.82, 2.24) is 9.88 Å². The monoisotopic (exact) mass is 359 g/mol. The highest BCUT2D eigenvalue weighted by atomic mass is 32.1. The lowest BCUT2D eigenvalue weighted by atomic mass is 10.1. The van der Waals surface area contributed by atoms with E-state index < -0.39 is 0 Å². The summed E-state index contributed by atoms with van der Waals surface area (Å²) in [5.74, 6) is 0.0931. The van der Waals surface area contributed by atoms with Crippen LogP contribution in [0.2, 0.25) is 0 Å². The lowest BCUT2D eigenvalue weighted by Crippen LogP contribution is -2.41. The Hall–Kier alpha value is -1.76. The zero-order valence-corrected chi connectivity index (χ0v) is 15.4. The first-order valence-corrected chi connectivity index (χ1v) is 9.69. The number of nitrogens with two attached hydrogens (primary N) is 1. The summed E-state index contributed by atoms with van der Waals surface area (Å²) in [4.78, 5) is 19.2. The molecule has 1 aliphatic heterocycles. The van der Waals surface area contributed by atoms with Crippen LogP contribution >= 0.6 is 11.3 Å². The van der Waals surface area contributed by atoms with Gasteiger partial charge in [0.1, 0.15) is 5.01 Å². The summed E-state index contributed by atoms with van der Waals surface area (Å²) in [6.45, 7) is 4.84. The van der Waals surface area contributed by atoms with E-state index in [-0.39, 0.29) is 12.0 Å². The molecule has 0 unspecified atom stereocenters. The van der Waals surface area contributed by atoms with Gasteiger partial charge in [-0.05, 0) is 44.9 Å². The molecule has 0 radical (unpaired) electrons. The summed E-state index contributed by atoms with van der Waals surface area (Å²) >= 11 is 1.61. The van der Waals surface area contributed by atoms with E-state index in [9.17, 15) is 4.79 Å². The molecule has 1 saturated heterocycles. The normalized spacial score (nSPS) is 15.5. The van der Waals surface area contributed by atoms with E-state index >= 15 is 0 Å². The van der Waals surface area contributed by atoms with Crippen LogP contribution in [0.5, 0.6) is 0 Å². The van der Waals surface area contributed by atoms with E-state index in [2.05, 4.69) is 4.98 Å². The first kappa shape index (κ1) is 18.0. The van der Waals surface area contributed by atoms with Crippen LogP contribution in [0.3, 0.4) is 0 Å². The molecule has 1 amide bonds. The fraction of sp³-hybridized carbons (Fsp3) is 0.474. The second-order valence-corrected chi connectivity index (χ2v) is 7.24. The highest BCUT2D eigenvalue weighted by Crippen LogP contribution is 2.25. The van der Waals surface area contributed by atoms with Crippen LogP contribution in [0.4, 0.5) is 0 Å². The summed E-state index contributed by atoms with van der Waals surface area (Å²) < 4.78 is 5.81. The molecule has 2 heterocycles. The highest BCUT2D eigenvalue weighted by molar-refractivity contribution is 7.13. The minimum Gasteiger partial charge on any atom is -0.378 e. The Balaban J connectivity index is 1.60. The molecule has 134 valence electrons. The molecule has 25 heavy (non-hydrogen) atoms. The summed E-state index contributed by atoms with van der Waals surface area (Å²) in [5, 5.41) is 2.98. The van der Waals surface area contributed by atoms with E-state index in [1.54, 1.807) is 11.3 Å². The van der Waals surface area contributed by atoms with E-state index in [0.717, 1.165) is 54.2 Å². The van der Waals surface area contributed by atoms with E-state index in [1.807, 2.05) is 41.5 Å². The highest BCUT2D eigenvalue weighted by Gasteiger charge is 2.24. The van der Waals surface area contributed by atoms with Crippen molar-refractivity contribution in [3.8, 4) is 10.6 Å². The second-order valence-electron chi connectivity index (χ2n) is 6.38. The Bertz CT molecular complexity index is 708. The number of rotatable bonds is 6. The molecule has 0 spiro atoms. The lowest BCUT2D eigenvalue weighted by Gasteiger charge is -2.32. The summed E-state index contributed by atoms with van der Waals surface area (Å²) in [7, 11) is 0. The third-order valence-corrected chi connectivity index (χ3v) is 5.42. The Morgan fingerprint density at radius 2 is 2.20 bits per heavy atom. The van der Waals surface area contributed by atoms with Crippen molar-refractivity contribution in [2.45, 2.75) is 32.3 Å². The number of amides is 1. The molecule has 6 heteroatoms. The summed E-state index contributed by atoms with van der Waals surface area (Å²) in [6.07, 6.45) is 2.92. The van der Waals surface area contributed by atoms with Crippen LogP contribution < -0.4 is 5.73 Å². The van der Waals surface area contributed by atoms with Crippen LogP contribution in [0, 0.1) is 6.92 Å². The third kappa shape index (κ3) is 4.66. The quantitative estimate of drug-likeness (QED) is 0.805. The van der Waals surface area contributed by atoms with Crippen molar-refractivity contribution < 1.29 is 9.53 Å². The number of carbonyl (C=O) groups is 1. The Labute approximate surface area is 152 Å². The third-order valence-electron chi connectivity index (χ3n) is 4.41. The van der Waals surface area contributed by atoms with Gasteiger partial charge >= 0.3 is 0 Å².